The molecule has 0 bridgehead atoms. The van der Waals surface area contributed by atoms with Gasteiger partial charge in [0.05, 0.1) is 0 Å². The summed E-state index contributed by atoms with van der Waals surface area (Å²) in [6.45, 7) is 0. The minimum Gasteiger partial charge on any atom is -0.264 e. The van der Waals surface area contributed by atoms with Crippen molar-refractivity contribution >= 4 is 0 Å². The molecule has 110 valence electrons. The van der Waals surface area contributed by atoms with Gasteiger partial charge in [-0.3, -0.25) is 10.1 Å². The molecule has 0 radical (unpaired) electrons. The summed E-state index contributed by atoms with van der Waals surface area (Å²) in [4.78, 5) is 11.3. The van der Waals surface area contributed by atoms with Crippen LogP contribution in [0.15, 0.2) is 0 Å². The van der Waals surface area contributed by atoms with Gasteiger partial charge in [0.1, 0.15) is 0 Å². The SMILES string of the molecule is O=[N+]([O-])C(CCC1CCCCC1)CC1CCCCC1. The summed E-state index contributed by atoms with van der Waals surface area (Å²) in [5, 5.41) is 11.3. The van der Waals surface area contributed by atoms with Gasteiger partial charge >= 0.3 is 0 Å². The summed E-state index contributed by atoms with van der Waals surface area (Å²) in [6, 6.07) is -0.259. The van der Waals surface area contributed by atoms with Gasteiger partial charge in [0.25, 0.3) is 0 Å². The lowest BCUT2D eigenvalue weighted by atomic mass is 9.81. The van der Waals surface area contributed by atoms with Gasteiger partial charge in [-0.1, -0.05) is 64.2 Å². The van der Waals surface area contributed by atoms with Crippen molar-refractivity contribution in [3.8, 4) is 0 Å². The first-order valence-corrected chi connectivity index (χ1v) is 8.39. The van der Waals surface area contributed by atoms with Crippen LogP contribution in [0.3, 0.4) is 0 Å². The highest BCUT2D eigenvalue weighted by atomic mass is 16.6. The third-order valence-electron chi connectivity index (χ3n) is 5.26. The topological polar surface area (TPSA) is 43.1 Å². The number of hydrogen-bond donors (Lipinski definition) is 0. The lowest BCUT2D eigenvalue weighted by Gasteiger charge is -2.25. The van der Waals surface area contributed by atoms with Gasteiger partial charge in [0, 0.05) is 17.8 Å². The van der Waals surface area contributed by atoms with Crippen LogP contribution in [-0.4, -0.2) is 11.0 Å². The van der Waals surface area contributed by atoms with E-state index in [2.05, 4.69) is 0 Å². The Morgan fingerprint density at radius 1 is 0.895 bits per heavy atom. The van der Waals surface area contributed by atoms with Crippen LogP contribution in [0.1, 0.15) is 83.5 Å². The molecular formula is C16H29NO2. The van der Waals surface area contributed by atoms with Gasteiger partial charge in [-0.15, -0.1) is 0 Å². The van der Waals surface area contributed by atoms with Crippen molar-refractivity contribution in [2.75, 3.05) is 0 Å². The first-order chi connectivity index (χ1) is 9.25. The zero-order chi connectivity index (χ0) is 13.5. The van der Waals surface area contributed by atoms with Gasteiger partial charge in [0.15, 0.2) is 0 Å². The molecule has 1 unspecified atom stereocenters. The first-order valence-electron chi connectivity index (χ1n) is 8.39. The van der Waals surface area contributed by atoms with Gasteiger partial charge in [0.2, 0.25) is 6.04 Å². The van der Waals surface area contributed by atoms with E-state index in [-0.39, 0.29) is 11.0 Å². The first kappa shape index (κ1) is 14.8. The Kier molecular flexibility index (Phi) is 6.12. The maximum absolute atomic E-state index is 11.3. The smallest absolute Gasteiger partial charge is 0.213 e. The van der Waals surface area contributed by atoms with Crippen LogP contribution in [0.2, 0.25) is 0 Å². The molecule has 2 fully saturated rings. The van der Waals surface area contributed by atoms with E-state index >= 15 is 0 Å². The normalized spacial score (nSPS) is 24.2. The molecule has 2 rings (SSSR count). The molecule has 2 saturated carbocycles. The largest absolute Gasteiger partial charge is 0.264 e. The van der Waals surface area contributed by atoms with Crippen LogP contribution in [0.25, 0.3) is 0 Å². The zero-order valence-corrected chi connectivity index (χ0v) is 12.2. The number of hydrogen-bond acceptors (Lipinski definition) is 2. The van der Waals surface area contributed by atoms with Crippen molar-refractivity contribution in [2.45, 2.75) is 89.5 Å². The third kappa shape index (κ3) is 5.12. The van der Waals surface area contributed by atoms with Gasteiger partial charge < -0.3 is 0 Å². The molecule has 0 N–H and O–H groups in total. The molecule has 0 aromatic carbocycles. The minimum absolute atomic E-state index is 0.0113. The molecule has 0 amide bonds. The average Bonchev–Trinajstić information content (AvgIpc) is 2.45. The highest BCUT2D eigenvalue weighted by Gasteiger charge is 2.27. The highest BCUT2D eigenvalue weighted by molar-refractivity contribution is 4.73. The molecule has 0 saturated heterocycles. The molecule has 0 heterocycles. The standard InChI is InChI=1S/C16H29NO2/c18-17(19)16(13-15-9-5-2-6-10-15)12-11-14-7-3-1-4-8-14/h14-16H,1-13H2. The second kappa shape index (κ2) is 7.86. The fourth-order valence-corrected chi connectivity index (χ4v) is 4.02. The van der Waals surface area contributed by atoms with Crippen molar-refractivity contribution in [3.63, 3.8) is 0 Å². The molecular weight excluding hydrogens is 238 g/mol. The summed E-state index contributed by atoms with van der Waals surface area (Å²) in [5.41, 5.74) is 0. The molecule has 2 aliphatic rings. The Balaban J connectivity index is 1.73. The lowest BCUT2D eigenvalue weighted by molar-refractivity contribution is -0.526. The van der Waals surface area contributed by atoms with Gasteiger partial charge in [-0.05, 0) is 18.3 Å². The van der Waals surface area contributed by atoms with Crippen molar-refractivity contribution in [2.24, 2.45) is 11.8 Å². The van der Waals surface area contributed by atoms with Crippen LogP contribution in [0.5, 0.6) is 0 Å². The van der Waals surface area contributed by atoms with Crippen molar-refractivity contribution in [1.29, 1.82) is 0 Å². The van der Waals surface area contributed by atoms with E-state index in [0.717, 1.165) is 25.2 Å². The van der Waals surface area contributed by atoms with E-state index in [1.165, 1.54) is 64.2 Å². The molecule has 3 heteroatoms. The fraction of sp³-hybridized carbons (Fsp3) is 1.00. The molecule has 0 aromatic heterocycles. The predicted molar refractivity (Wildman–Crippen MR) is 77.8 cm³/mol. The second-order valence-electron chi connectivity index (χ2n) is 6.76. The Hall–Kier alpha value is -0.600. The van der Waals surface area contributed by atoms with Crippen LogP contribution < -0.4 is 0 Å². The van der Waals surface area contributed by atoms with E-state index in [4.69, 9.17) is 0 Å². The Morgan fingerprint density at radius 3 is 1.95 bits per heavy atom. The van der Waals surface area contributed by atoms with E-state index in [9.17, 15) is 10.1 Å². The molecule has 0 aromatic rings. The van der Waals surface area contributed by atoms with Crippen LogP contribution in [-0.2, 0) is 0 Å². The van der Waals surface area contributed by atoms with E-state index < -0.39 is 0 Å². The molecule has 2 aliphatic carbocycles. The molecule has 19 heavy (non-hydrogen) atoms. The van der Waals surface area contributed by atoms with Crippen LogP contribution in [0.4, 0.5) is 0 Å². The van der Waals surface area contributed by atoms with Gasteiger partial charge in [-0.25, -0.2) is 0 Å². The zero-order valence-electron chi connectivity index (χ0n) is 12.2. The molecule has 1 atom stereocenters. The lowest BCUT2D eigenvalue weighted by Crippen LogP contribution is -2.25. The Labute approximate surface area is 117 Å². The van der Waals surface area contributed by atoms with E-state index in [1.54, 1.807) is 0 Å². The number of nitro groups is 1. The van der Waals surface area contributed by atoms with Crippen molar-refractivity contribution < 1.29 is 4.92 Å². The maximum Gasteiger partial charge on any atom is 0.213 e. The van der Waals surface area contributed by atoms with E-state index in [0.29, 0.717) is 5.92 Å². The minimum atomic E-state index is -0.259. The highest BCUT2D eigenvalue weighted by Crippen LogP contribution is 2.32. The summed E-state index contributed by atoms with van der Waals surface area (Å²) >= 11 is 0. The fourth-order valence-electron chi connectivity index (χ4n) is 4.02. The Morgan fingerprint density at radius 2 is 1.42 bits per heavy atom. The predicted octanol–water partition coefficient (Wildman–Crippen LogP) is 4.96. The number of rotatable bonds is 6. The quantitative estimate of drug-likeness (QED) is 0.504. The number of nitrogens with zero attached hydrogens (tertiary/aromatic N) is 1. The van der Waals surface area contributed by atoms with E-state index in [1.807, 2.05) is 0 Å². The maximum atomic E-state index is 11.3. The molecule has 0 aliphatic heterocycles. The third-order valence-corrected chi connectivity index (χ3v) is 5.26. The summed E-state index contributed by atoms with van der Waals surface area (Å²) in [6.07, 6.45) is 15.8. The van der Waals surface area contributed by atoms with Crippen LogP contribution in [0, 0.1) is 22.0 Å². The second-order valence-corrected chi connectivity index (χ2v) is 6.76. The molecule has 0 spiro atoms. The van der Waals surface area contributed by atoms with Crippen LogP contribution >= 0.6 is 0 Å². The Bertz CT molecular complexity index is 268. The van der Waals surface area contributed by atoms with Crippen molar-refractivity contribution in [1.82, 2.24) is 0 Å². The summed E-state index contributed by atoms with van der Waals surface area (Å²) < 4.78 is 0. The van der Waals surface area contributed by atoms with Crippen molar-refractivity contribution in [3.05, 3.63) is 10.1 Å². The monoisotopic (exact) mass is 267 g/mol. The summed E-state index contributed by atoms with van der Waals surface area (Å²) in [7, 11) is 0. The molecule has 3 nitrogen and oxygen atoms in total. The summed E-state index contributed by atoms with van der Waals surface area (Å²) in [5.74, 6) is 1.41. The van der Waals surface area contributed by atoms with Gasteiger partial charge in [-0.2, -0.15) is 0 Å². The average molecular weight is 267 g/mol.